The summed E-state index contributed by atoms with van der Waals surface area (Å²) in [7, 11) is 0. The summed E-state index contributed by atoms with van der Waals surface area (Å²) < 4.78 is 1.87. The van der Waals surface area contributed by atoms with E-state index < -0.39 is 0 Å². The predicted octanol–water partition coefficient (Wildman–Crippen LogP) is 2.42. The van der Waals surface area contributed by atoms with Crippen LogP contribution in [0.3, 0.4) is 0 Å². The average molecular weight is 336 g/mol. The number of benzene rings is 1. The highest BCUT2D eigenvalue weighted by Gasteiger charge is 2.29. The molecule has 3 aromatic rings. The van der Waals surface area contributed by atoms with Gasteiger partial charge in [0, 0.05) is 35.9 Å². The van der Waals surface area contributed by atoms with Gasteiger partial charge < -0.3 is 9.88 Å². The third-order valence-electron chi connectivity index (χ3n) is 4.83. The van der Waals surface area contributed by atoms with Crippen LogP contribution in [0.1, 0.15) is 29.6 Å². The summed E-state index contributed by atoms with van der Waals surface area (Å²) in [6.07, 6.45) is 6.71. The molecule has 0 radical (unpaired) electrons. The lowest BCUT2D eigenvalue weighted by Crippen LogP contribution is -2.46. The first-order valence-corrected chi connectivity index (χ1v) is 8.63. The minimum Gasteiger partial charge on any atom is -0.334 e. The van der Waals surface area contributed by atoms with Gasteiger partial charge in [0.2, 0.25) is 5.56 Å². The molecule has 0 aliphatic carbocycles. The number of aromatic nitrogens is 3. The van der Waals surface area contributed by atoms with Gasteiger partial charge >= 0.3 is 0 Å². The number of fused-ring (bicyclic) bond motifs is 1. The summed E-state index contributed by atoms with van der Waals surface area (Å²) in [5, 5.41) is 5.05. The number of hydrogen-bond donors (Lipinski definition) is 1. The number of rotatable bonds is 3. The number of amides is 1. The van der Waals surface area contributed by atoms with Crippen LogP contribution in [0.2, 0.25) is 0 Å². The molecule has 1 saturated heterocycles. The molecule has 1 aliphatic rings. The molecular weight excluding hydrogens is 316 g/mol. The summed E-state index contributed by atoms with van der Waals surface area (Å²) in [5.74, 6) is -0.0702. The minimum absolute atomic E-state index is 0.0702. The van der Waals surface area contributed by atoms with Crippen molar-refractivity contribution >= 4 is 16.8 Å². The maximum absolute atomic E-state index is 13.2. The van der Waals surface area contributed by atoms with E-state index in [0.717, 1.165) is 24.6 Å². The number of pyridine rings is 1. The Bertz CT molecular complexity index is 945. The smallest absolute Gasteiger partial charge is 0.255 e. The fourth-order valence-electron chi connectivity index (χ4n) is 3.62. The molecule has 6 nitrogen and oxygen atoms in total. The van der Waals surface area contributed by atoms with Crippen molar-refractivity contribution in [3.8, 4) is 0 Å². The lowest BCUT2D eigenvalue weighted by Gasteiger charge is -2.36. The lowest BCUT2D eigenvalue weighted by molar-refractivity contribution is 0.0585. The predicted molar refractivity (Wildman–Crippen MR) is 95.5 cm³/mol. The number of para-hydroxylation sites is 1. The first-order chi connectivity index (χ1) is 12.2. The van der Waals surface area contributed by atoms with Crippen molar-refractivity contribution < 1.29 is 4.79 Å². The fourth-order valence-corrected chi connectivity index (χ4v) is 3.62. The third-order valence-corrected chi connectivity index (χ3v) is 4.83. The Hall–Kier alpha value is -2.89. The highest BCUT2D eigenvalue weighted by molar-refractivity contribution is 6.06. The van der Waals surface area contributed by atoms with Crippen molar-refractivity contribution in [2.75, 3.05) is 6.54 Å². The van der Waals surface area contributed by atoms with E-state index in [0.29, 0.717) is 24.2 Å². The standard InChI is InChI=1S/C19H20N4O2/c24-18-12-16(15-7-1-2-8-17(15)21-18)19(25)23-11-4-3-6-14(23)13-22-10-5-9-20-22/h1-2,5,7-10,12,14H,3-4,6,11,13H2,(H,21,24)/t14-/m0/s1. The van der Waals surface area contributed by atoms with Crippen LogP contribution in [0.25, 0.3) is 10.9 Å². The highest BCUT2D eigenvalue weighted by atomic mass is 16.2. The molecule has 6 heteroatoms. The molecule has 3 heterocycles. The van der Waals surface area contributed by atoms with E-state index in [2.05, 4.69) is 10.1 Å². The third kappa shape index (κ3) is 3.07. The monoisotopic (exact) mass is 336 g/mol. The Morgan fingerprint density at radius 2 is 2.12 bits per heavy atom. The molecule has 1 aromatic carbocycles. The largest absolute Gasteiger partial charge is 0.334 e. The maximum atomic E-state index is 13.2. The van der Waals surface area contributed by atoms with Crippen LogP contribution in [0.15, 0.2) is 53.6 Å². The van der Waals surface area contributed by atoms with E-state index in [1.54, 1.807) is 6.20 Å². The van der Waals surface area contributed by atoms with E-state index in [1.165, 1.54) is 6.07 Å². The van der Waals surface area contributed by atoms with E-state index in [9.17, 15) is 9.59 Å². The molecule has 0 spiro atoms. The Labute approximate surface area is 145 Å². The van der Waals surface area contributed by atoms with Crippen molar-refractivity contribution in [1.29, 1.82) is 0 Å². The SMILES string of the molecule is O=C(c1cc(=O)[nH]c2ccccc12)N1CCCC[C@H]1Cn1cccn1. The molecule has 1 aliphatic heterocycles. The Kier molecular flexibility index (Phi) is 4.09. The zero-order valence-corrected chi connectivity index (χ0v) is 13.9. The summed E-state index contributed by atoms with van der Waals surface area (Å²) in [5.41, 5.74) is 0.924. The van der Waals surface area contributed by atoms with E-state index in [4.69, 9.17) is 0 Å². The molecule has 25 heavy (non-hydrogen) atoms. The summed E-state index contributed by atoms with van der Waals surface area (Å²) in [6, 6.07) is 10.8. The molecule has 2 aromatic heterocycles. The molecular formula is C19H20N4O2. The molecule has 0 saturated carbocycles. The first kappa shape index (κ1) is 15.6. The van der Waals surface area contributed by atoms with Gasteiger partial charge in [0.25, 0.3) is 5.91 Å². The first-order valence-electron chi connectivity index (χ1n) is 8.63. The van der Waals surface area contributed by atoms with Crippen LogP contribution in [0, 0.1) is 0 Å². The Morgan fingerprint density at radius 1 is 1.24 bits per heavy atom. The van der Waals surface area contributed by atoms with Gasteiger partial charge in [0.15, 0.2) is 0 Å². The van der Waals surface area contributed by atoms with Crippen molar-refractivity contribution in [1.82, 2.24) is 19.7 Å². The zero-order chi connectivity index (χ0) is 17.2. The van der Waals surface area contributed by atoms with Gasteiger partial charge in [-0.3, -0.25) is 14.3 Å². The molecule has 4 rings (SSSR count). The average Bonchev–Trinajstić information content (AvgIpc) is 3.14. The molecule has 1 fully saturated rings. The molecule has 1 atom stereocenters. The van der Waals surface area contributed by atoms with Crippen molar-refractivity contribution in [3.63, 3.8) is 0 Å². The van der Waals surface area contributed by atoms with Gasteiger partial charge in [0.1, 0.15) is 0 Å². The van der Waals surface area contributed by atoms with Gasteiger partial charge in [-0.1, -0.05) is 18.2 Å². The number of piperidine rings is 1. The summed E-state index contributed by atoms with van der Waals surface area (Å²) in [4.78, 5) is 29.9. The second kappa shape index (κ2) is 6.55. The van der Waals surface area contributed by atoms with E-state index in [-0.39, 0.29) is 17.5 Å². The second-order valence-electron chi connectivity index (χ2n) is 6.47. The van der Waals surface area contributed by atoms with Crippen LogP contribution in [-0.2, 0) is 6.54 Å². The maximum Gasteiger partial charge on any atom is 0.255 e. The highest BCUT2D eigenvalue weighted by Crippen LogP contribution is 2.23. The number of carbonyl (C=O) groups is 1. The van der Waals surface area contributed by atoms with E-state index in [1.807, 2.05) is 46.1 Å². The van der Waals surface area contributed by atoms with Crippen molar-refractivity contribution in [3.05, 3.63) is 64.7 Å². The van der Waals surface area contributed by atoms with E-state index >= 15 is 0 Å². The molecule has 1 amide bonds. The van der Waals surface area contributed by atoms with Gasteiger partial charge in [-0.25, -0.2) is 0 Å². The van der Waals surface area contributed by atoms with Gasteiger partial charge in [-0.2, -0.15) is 5.10 Å². The van der Waals surface area contributed by atoms with Gasteiger partial charge in [0.05, 0.1) is 18.2 Å². The summed E-state index contributed by atoms with van der Waals surface area (Å²) in [6.45, 7) is 1.39. The fraction of sp³-hybridized carbons (Fsp3) is 0.316. The van der Waals surface area contributed by atoms with Gasteiger partial charge in [-0.15, -0.1) is 0 Å². The number of nitrogens with zero attached hydrogens (tertiary/aromatic N) is 3. The number of H-pyrrole nitrogens is 1. The zero-order valence-electron chi connectivity index (χ0n) is 13.9. The summed E-state index contributed by atoms with van der Waals surface area (Å²) >= 11 is 0. The van der Waals surface area contributed by atoms with Gasteiger partial charge in [-0.05, 0) is 31.4 Å². The van der Waals surface area contributed by atoms with Crippen LogP contribution < -0.4 is 5.56 Å². The topological polar surface area (TPSA) is 71.0 Å². The second-order valence-corrected chi connectivity index (χ2v) is 6.47. The van der Waals surface area contributed by atoms with Crippen LogP contribution in [0.4, 0.5) is 0 Å². The quantitative estimate of drug-likeness (QED) is 0.798. The number of aromatic amines is 1. The molecule has 0 unspecified atom stereocenters. The normalized spacial score (nSPS) is 17.8. The lowest BCUT2D eigenvalue weighted by atomic mass is 9.99. The van der Waals surface area contributed by atoms with Crippen LogP contribution in [0.5, 0.6) is 0 Å². The molecule has 1 N–H and O–H groups in total. The Morgan fingerprint density at radius 3 is 2.96 bits per heavy atom. The van der Waals surface area contributed by atoms with Crippen LogP contribution in [-0.4, -0.2) is 38.2 Å². The number of hydrogen-bond acceptors (Lipinski definition) is 3. The van der Waals surface area contributed by atoms with Crippen molar-refractivity contribution in [2.45, 2.75) is 31.8 Å². The molecule has 128 valence electrons. The number of likely N-dealkylation sites (tertiary alicyclic amines) is 1. The Balaban J connectivity index is 1.70. The molecule has 0 bridgehead atoms. The number of nitrogens with one attached hydrogen (secondary N) is 1. The van der Waals surface area contributed by atoms with Crippen molar-refractivity contribution in [2.24, 2.45) is 0 Å². The number of carbonyl (C=O) groups excluding carboxylic acids is 1. The van der Waals surface area contributed by atoms with Crippen LogP contribution >= 0.6 is 0 Å². The minimum atomic E-state index is -0.248.